The van der Waals surface area contributed by atoms with E-state index in [2.05, 4.69) is 66.7 Å². The van der Waals surface area contributed by atoms with Crippen molar-refractivity contribution in [2.45, 2.75) is 25.5 Å². The quantitative estimate of drug-likeness (QED) is 0.784. The number of pyridine rings is 1. The molecular formula is C16H20N2S. The monoisotopic (exact) mass is 272 g/mol. The van der Waals surface area contributed by atoms with Gasteiger partial charge in [0.15, 0.2) is 0 Å². The summed E-state index contributed by atoms with van der Waals surface area (Å²) in [6, 6.07) is 8.62. The molecule has 19 heavy (non-hydrogen) atoms. The van der Waals surface area contributed by atoms with Crippen LogP contribution in [-0.2, 0) is 0 Å². The molecule has 0 amide bonds. The van der Waals surface area contributed by atoms with Crippen molar-refractivity contribution in [3.63, 3.8) is 0 Å². The van der Waals surface area contributed by atoms with Crippen LogP contribution in [0.3, 0.4) is 0 Å². The van der Waals surface area contributed by atoms with Crippen LogP contribution in [0.4, 0.5) is 5.69 Å². The number of anilines is 1. The number of hydrogen-bond donors (Lipinski definition) is 0. The molecule has 0 spiro atoms. The molecule has 2 nitrogen and oxygen atoms in total. The van der Waals surface area contributed by atoms with Crippen molar-refractivity contribution in [3.8, 4) is 0 Å². The average Bonchev–Trinajstić information content (AvgIpc) is 2.37. The lowest BCUT2D eigenvalue weighted by Crippen LogP contribution is -2.43. The topological polar surface area (TPSA) is 16.1 Å². The van der Waals surface area contributed by atoms with Crippen LogP contribution in [0.2, 0.25) is 0 Å². The third-order valence-corrected chi connectivity index (χ3v) is 5.01. The number of fused-ring (bicyclic) bond motifs is 1. The lowest BCUT2D eigenvalue weighted by molar-refractivity contribution is 0.649. The van der Waals surface area contributed by atoms with Crippen LogP contribution in [0, 0.1) is 6.92 Å². The summed E-state index contributed by atoms with van der Waals surface area (Å²) in [5, 5.41) is 1.28. The van der Waals surface area contributed by atoms with E-state index in [-0.39, 0.29) is 0 Å². The van der Waals surface area contributed by atoms with Gasteiger partial charge in [0.2, 0.25) is 0 Å². The van der Waals surface area contributed by atoms with Crippen molar-refractivity contribution in [1.82, 2.24) is 4.98 Å². The largest absolute Gasteiger partial charge is 0.369 e. The number of para-hydroxylation sites is 1. The standard InChI is InChI=1S/C16H20N2S/c1-12-5-4-6-13-14(7-8-17-15(12)13)18-9-10-19-16(2,3)11-18/h4-8H,9-11H2,1-3H3. The van der Waals surface area contributed by atoms with E-state index in [1.54, 1.807) is 0 Å². The molecule has 1 aliphatic rings. The first-order valence-electron chi connectivity index (χ1n) is 6.80. The Morgan fingerprint density at radius 1 is 1.26 bits per heavy atom. The van der Waals surface area contributed by atoms with Crippen molar-refractivity contribution in [3.05, 3.63) is 36.0 Å². The molecule has 1 aromatic carbocycles. The molecule has 3 rings (SSSR count). The van der Waals surface area contributed by atoms with Gasteiger partial charge in [-0.3, -0.25) is 4.98 Å². The van der Waals surface area contributed by atoms with E-state index in [1.165, 1.54) is 22.4 Å². The molecule has 100 valence electrons. The number of aromatic nitrogens is 1. The fourth-order valence-corrected chi connectivity index (χ4v) is 3.92. The second kappa shape index (κ2) is 4.71. The number of rotatable bonds is 1. The van der Waals surface area contributed by atoms with Gasteiger partial charge >= 0.3 is 0 Å². The summed E-state index contributed by atoms with van der Waals surface area (Å²) in [5.41, 5.74) is 3.73. The van der Waals surface area contributed by atoms with E-state index >= 15 is 0 Å². The molecule has 0 atom stereocenters. The van der Waals surface area contributed by atoms with Crippen molar-refractivity contribution >= 4 is 28.4 Å². The Morgan fingerprint density at radius 2 is 2.11 bits per heavy atom. The first-order valence-corrected chi connectivity index (χ1v) is 7.79. The van der Waals surface area contributed by atoms with Crippen LogP contribution >= 0.6 is 11.8 Å². The Balaban J connectivity index is 2.08. The van der Waals surface area contributed by atoms with Gasteiger partial charge in [0, 0.05) is 40.9 Å². The highest BCUT2D eigenvalue weighted by Gasteiger charge is 2.27. The van der Waals surface area contributed by atoms with Crippen molar-refractivity contribution < 1.29 is 0 Å². The predicted molar refractivity (Wildman–Crippen MR) is 85.2 cm³/mol. The highest BCUT2D eigenvalue weighted by atomic mass is 32.2. The van der Waals surface area contributed by atoms with Gasteiger partial charge in [-0.2, -0.15) is 11.8 Å². The SMILES string of the molecule is Cc1cccc2c(N3CCSC(C)(C)C3)ccnc12. The summed E-state index contributed by atoms with van der Waals surface area (Å²) in [6.45, 7) is 9.03. The number of hydrogen-bond acceptors (Lipinski definition) is 3. The van der Waals surface area contributed by atoms with E-state index < -0.39 is 0 Å². The molecule has 1 aliphatic heterocycles. The van der Waals surface area contributed by atoms with Crippen LogP contribution in [0.1, 0.15) is 19.4 Å². The zero-order valence-corrected chi connectivity index (χ0v) is 12.6. The van der Waals surface area contributed by atoms with Gasteiger partial charge in [0.25, 0.3) is 0 Å². The molecule has 2 heterocycles. The minimum Gasteiger partial charge on any atom is -0.369 e. The fourth-order valence-electron chi connectivity index (χ4n) is 2.81. The highest BCUT2D eigenvalue weighted by Crippen LogP contribution is 2.35. The number of nitrogens with zero attached hydrogens (tertiary/aromatic N) is 2. The van der Waals surface area contributed by atoms with E-state index in [4.69, 9.17) is 0 Å². The second-order valence-electron chi connectivity index (χ2n) is 5.83. The van der Waals surface area contributed by atoms with Gasteiger partial charge < -0.3 is 4.90 Å². The Bertz CT molecular complexity index is 607. The molecule has 1 aromatic heterocycles. The van der Waals surface area contributed by atoms with Crippen LogP contribution in [0.15, 0.2) is 30.5 Å². The summed E-state index contributed by atoms with van der Waals surface area (Å²) in [6.07, 6.45) is 1.94. The molecule has 2 aromatic rings. The number of aryl methyl sites for hydroxylation is 1. The van der Waals surface area contributed by atoms with E-state index in [1.807, 2.05) is 6.20 Å². The van der Waals surface area contributed by atoms with E-state index in [0.717, 1.165) is 18.6 Å². The average molecular weight is 272 g/mol. The fraction of sp³-hybridized carbons (Fsp3) is 0.438. The summed E-state index contributed by atoms with van der Waals surface area (Å²) in [7, 11) is 0. The molecule has 0 unspecified atom stereocenters. The smallest absolute Gasteiger partial charge is 0.0751 e. The van der Waals surface area contributed by atoms with Gasteiger partial charge in [-0.15, -0.1) is 0 Å². The minimum atomic E-state index is 0.331. The zero-order chi connectivity index (χ0) is 13.5. The third kappa shape index (κ3) is 2.44. The maximum atomic E-state index is 4.54. The Labute approximate surface area is 119 Å². The highest BCUT2D eigenvalue weighted by molar-refractivity contribution is 8.00. The third-order valence-electron chi connectivity index (χ3n) is 3.72. The van der Waals surface area contributed by atoms with Crippen molar-refractivity contribution in [2.24, 2.45) is 0 Å². The summed E-state index contributed by atoms with van der Waals surface area (Å²) in [5.74, 6) is 1.20. The molecule has 3 heteroatoms. The molecule has 0 bridgehead atoms. The molecule has 0 saturated carbocycles. The molecular weight excluding hydrogens is 252 g/mol. The van der Waals surface area contributed by atoms with Gasteiger partial charge in [-0.05, 0) is 32.4 Å². The first kappa shape index (κ1) is 12.8. The Morgan fingerprint density at radius 3 is 2.89 bits per heavy atom. The molecule has 0 aliphatic carbocycles. The normalized spacial score (nSPS) is 18.8. The maximum absolute atomic E-state index is 4.54. The molecule has 1 saturated heterocycles. The van der Waals surface area contributed by atoms with Gasteiger partial charge in [0.1, 0.15) is 0 Å². The predicted octanol–water partition coefficient (Wildman–Crippen LogP) is 3.88. The minimum absolute atomic E-state index is 0.331. The van der Waals surface area contributed by atoms with Gasteiger partial charge in [-0.25, -0.2) is 0 Å². The molecule has 0 radical (unpaired) electrons. The zero-order valence-electron chi connectivity index (χ0n) is 11.8. The maximum Gasteiger partial charge on any atom is 0.0751 e. The lowest BCUT2D eigenvalue weighted by Gasteiger charge is -2.39. The van der Waals surface area contributed by atoms with Gasteiger partial charge in [0.05, 0.1) is 5.52 Å². The van der Waals surface area contributed by atoms with E-state index in [9.17, 15) is 0 Å². The van der Waals surface area contributed by atoms with Crippen molar-refractivity contribution in [2.75, 3.05) is 23.7 Å². The van der Waals surface area contributed by atoms with E-state index in [0.29, 0.717) is 4.75 Å². The van der Waals surface area contributed by atoms with Crippen LogP contribution in [0.5, 0.6) is 0 Å². The first-order chi connectivity index (χ1) is 9.07. The summed E-state index contributed by atoms with van der Waals surface area (Å²) >= 11 is 2.07. The molecule has 1 fully saturated rings. The molecule has 0 N–H and O–H groups in total. The Kier molecular flexibility index (Phi) is 3.17. The second-order valence-corrected chi connectivity index (χ2v) is 7.63. The van der Waals surface area contributed by atoms with Crippen LogP contribution < -0.4 is 4.90 Å². The summed E-state index contributed by atoms with van der Waals surface area (Å²) < 4.78 is 0.331. The van der Waals surface area contributed by atoms with Crippen LogP contribution in [-0.4, -0.2) is 28.6 Å². The van der Waals surface area contributed by atoms with Crippen molar-refractivity contribution in [1.29, 1.82) is 0 Å². The summed E-state index contributed by atoms with van der Waals surface area (Å²) in [4.78, 5) is 7.05. The number of benzene rings is 1. The van der Waals surface area contributed by atoms with Gasteiger partial charge in [-0.1, -0.05) is 18.2 Å². The lowest BCUT2D eigenvalue weighted by atomic mass is 10.1. The number of thioether (sulfide) groups is 1. The Hall–Kier alpha value is -1.22. The van der Waals surface area contributed by atoms with Crippen LogP contribution in [0.25, 0.3) is 10.9 Å².